The lowest BCUT2D eigenvalue weighted by Crippen LogP contribution is -2.52. The van der Waals surface area contributed by atoms with Gasteiger partial charge in [-0.3, -0.25) is 9.59 Å². The van der Waals surface area contributed by atoms with Crippen molar-refractivity contribution in [3.63, 3.8) is 0 Å². The molecule has 4 heterocycles. The number of pyridine rings is 1. The van der Waals surface area contributed by atoms with E-state index in [1.165, 1.54) is 24.3 Å². The van der Waals surface area contributed by atoms with Crippen LogP contribution in [0.4, 0.5) is 13.2 Å². The molecule has 2 fully saturated rings. The molecule has 5 rings (SSSR count). The van der Waals surface area contributed by atoms with Gasteiger partial charge in [-0.25, -0.2) is 4.98 Å². The van der Waals surface area contributed by atoms with Crippen LogP contribution in [-0.2, 0) is 11.0 Å². The van der Waals surface area contributed by atoms with Gasteiger partial charge in [0.15, 0.2) is 0 Å². The summed E-state index contributed by atoms with van der Waals surface area (Å²) in [5.74, 6) is -0.489. The van der Waals surface area contributed by atoms with E-state index in [1.54, 1.807) is 16.7 Å². The molecule has 10 heteroatoms. The maximum atomic E-state index is 13.9. The Morgan fingerprint density at radius 1 is 1.06 bits per heavy atom. The molecular weight excluding hydrogens is 461 g/mol. The maximum Gasteiger partial charge on any atom is 0.417 e. The number of halogens is 3. The number of nitrogens with zero attached hydrogens (tertiary/aromatic N) is 4. The maximum absolute atomic E-state index is 13.9. The third-order valence-electron chi connectivity index (χ3n) is 6.82. The van der Waals surface area contributed by atoms with Crippen LogP contribution < -0.4 is 0 Å². The normalized spacial score (nSPS) is 18.9. The highest BCUT2D eigenvalue weighted by molar-refractivity contribution is 6.08. The van der Waals surface area contributed by atoms with Gasteiger partial charge in [0.25, 0.3) is 11.6 Å². The van der Waals surface area contributed by atoms with Crippen LogP contribution in [0.5, 0.6) is 0 Å². The van der Waals surface area contributed by atoms with Gasteiger partial charge in [0.2, 0.25) is 5.91 Å². The summed E-state index contributed by atoms with van der Waals surface area (Å²) in [6.07, 6.45) is -0.582. The van der Waals surface area contributed by atoms with E-state index in [2.05, 4.69) is 10.1 Å². The fraction of sp³-hybridized carbons (Fsp3) is 0.440. The first-order valence-electron chi connectivity index (χ1n) is 11.8. The van der Waals surface area contributed by atoms with E-state index in [4.69, 9.17) is 4.52 Å². The molecule has 0 aliphatic carbocycles. The molecule has 1 atom stereocenters. The summed E-state index contributed by atoms with van der Waals surface area (Å²) >= 11 is 0. The van der Waals surface area contributed by atoms with Crippen molar-refractivity contribution >= 4 is 22.9 Å². The molecule has 2 aliphatic rings. The molecule has 1 unspecified atom stereocenters. The van der Waals surface area contributed by atoms with Crippen molar-refractivity contribution in [2.24, 2.45) is 0 Å². The third-order valence-corrected chi connectivity index (χ3v) is 6.82. The summed E-state index contributed by atoms with van der Waals surface area (Å²) < 4.78 is 46.4. The van der Waals surface area contributed by atoms with Gasteiger partial charge in [-0.1, -0.05) is 23.4 Å². The van der Waals surface area contributed by atoms with Crippen LogP contribution in [-0.4, -0.2) is 57.4 Å². The van der Waals surface area contributed by atoms with Crippen molar-refractivity contribution < 1.29 is 27.3 Å². The summed E-state index contributed by atoms with van der Waals surface area (Å²) in [4.78, 5) is 34.8. The molecule has 2 saturated heterocycles. The predicted octanol–water partition coefficient (Wildman–Crippen LogP) is 4.83. The van der Waals surface area contributed by atoms with Crippen LogP contribution in [0.25, 0.3) is 22.4 Å². The summed E-state index contributed by atoms with van der Waals surface area (Å²) in [5.41, 5.74) is -0.521. The molecule has 7 nitrogen and oxygen atoms in total. The SMILES string of the molecule is Cc1noc2nc(-c3ccccc3C(F)(F)F)cc(C(=O)N3CCCCC3C(=O)N3CCCC3)c12. The zero-order chi connectivity index (χ0) is 24.7. The van der Waals surface area contributed by atoms with Gasteiger partial charge in [-0.05, 0) is 51.2 Å². The zero-order valence-electron chi connectivity index (χ0n) is 19.3. The highest BCUT2D eigenvalue weighted by Gasteiger charge is 2.38. The van der Waals surface area contributed by atoms with Crippen molar-refractivity contribution in [2.75, 3.05) is 19.6 Å². The number of hydrogen-bond acceptors (Lipinski definition) is 5. The van der Waals surface area contributed by atoms with Gasteiger partial charge in [0, 0.05) is 25.2 Å². The fourth-order valence-electron chi connectivity index (χ4n) is 5.09. The number of aromatic nitrogens is 2. The molecule has 0 spiro atoms. The second-order valence-electron chi connectivity index (χ2n) is 9.09. The number of rotatable bonds is 3. The van der Waals surface area contributed by atoms with Gasteiger partial charge < -0.3 is 14.3 Å². The van der Waals surface area contributed by atoms with E-state index in [1.807, 2.05) is 0 Å². The first-order chi connectivity index (χ1) is 16.8. The van der Waals surface area contributed by atoms with E-state index in [0.717, 1.165) is 31.7 Å². The van der Waals surface area contributed by atoms with Gasteiger partial charge in [0.1, 0.15) is 6.04 Å². The Hall–Kier alpha value is -3.43. The lowest BCUT2D eigenvalue weighted by molar-refractivity contribution is -0.137. The van der Waals surface area contributed by atoms with E-state index in [-0.39, 0.29) is 28.4 Å². The smallest absolute Gasteiger partial charge is 0.341 e. The van der Waals surface area contributed by atoms with Crippen molar-refractivity contribution in [1.82, 2.24) is 19.9 Å². The summed E-state index contributed by atoms with van der Waals surface area (Å²) in [5, 5.41) is 4.25. The first kappa shape index (κ1) is 23.3. The Balaban J connectivity index is 1.60. The quantitative estimate of drug-likeness (QED) is 0.530. The molecule has 2 amide bonds. The van der Waals surface area contributed by atoms with Crippen LogP contribution >= 0.6 is 0 Å². The van der Waals surface area contributed by atoms with Crippen LogP contribution in [0.3, 0.4) is 0 Å². The summed E-state index contributed by atoms with van der Waals surface area (Å²) in [6.45, 7) is 3.41. The number of carbonyl (C=O) groups excluding carboxylic acids is 2. The zero-order valence-corrected chi connectivity index (χ0v) is 19.3. The number of carbonyl (C=O) groups is 2. The van der Waals surface area contributed by atoms with E-state index in [9.17, 15) is 22.8 Å². The minimum atomic E-state index is -4.60. The Kier molecular flexibility index (Phi) is 5.98. The van der Waals surface area contributed by atoms with Crippen molar-refractivity contribution in [3.8, 4) is 11.3 Å². The minimum Gasteiger partial charge on any atom is -0.341 e. The van der Waals surface area contributed by atoms with E-state index < -0.39 is 23.7 Å². The van der Waals surface area contributed by atoms with Crippen LogP contribution in [0.1, 0.15) is 53.7 Å². The lowest BCUT2D eigenvalue weighted by Gasteiger charge is -2.37. The van der Waals surface area contributed by atoms with Crippen LogP contribution in [0.2, 0.25) is 0 Å². The van der Waals surface area contributed by atoms with Gasteiger partial charge in [-0.15, -0.1) is 0 Å². The van der Waals surface area contributed by atoms with Gasteiger partial charge >= 0.3 is 6.18 Å². The van der Waals surface area contributed by atoms with Gasteiger partial charge in [-0.2, -0.15) is 13.2 Å². The van der Waals surface area contributed by atoms with Crippen LogP contribution in [0, 0.1) is 6.92 Å². The third kappa shape index (κ3) is 4.26. The number of likely N-dealkylation sites (tertiary alicyclic amines) is 2. The van der Waals surface area contributed by atoms with Crippen molar-refractivity contribution in [2.45, 2.75) is 51.2 Å². The average Bonchev–Trinajstić information content (AvgIpc) is 3.52. The Bertz CT molecular complexity index is 1280. The number of fused-ring (bicyclic) bond motifs is 1. The molecule has 0 N–H and O–H groups in total. The molecule has 2 aromatic heterocycles. The second kappa shape index (κ2) is 8.98. The number of benzene rings is 1. The standard InChI is InChI=1S/C25H25F3N4O3/c1-15-21-17(23(33)32-13-5-4-10-20(32)24(34)31-11-6-7-12-31)14-19(29-22(21)35-30-15)16-8-2-3-9-18(16)25(26,27)28/h2-3,8-9,14,20H,4-7,10-13H2,1H3. The van der Waals surface area contributed by atoms with Gasteiger partial charge in [0.05, 0.1) is 27.9 Å². The second-order valence-corrected chi connectivity index (χ2v) is 9.09. The molecule has 184 valence electrons. The summed E-state index contributed by atoms with van der Waals surface area (Å²) in [7, 11) is 0. The largest absolute Gasteiger partial charge is 0.417 e. The van der Waals surface area contributed by atoms with Crippen molar-refractivity contribution in [3.05, 3.63) is 47.2 Å². The lowest BCUT2D eigenvalue weighted by atomic mass is 9.97. The highest BCUT2D eigenvalue weighted by Crippen LogP contribution is 2.38. The molecule has 2 aliphatic heterocycles. The molecule has 1 aromatic carbocycles. The molecular formula is C25H25F3N4O3. The monoisotopic (exact) mass is 486 g/mol. The number of piperidine rings is 1. The predicted molar refractivity (Wildman–Crippen MR) is 121 cm³/mol. The molecule has 0 bridgehead atoms. The fourth-order valence-corrected chi connectivity index (χ4v) is 5.09. The number of aryl methyl sites for hydroxylation is 1. The average molecular weight is 486 g/mol. The molecule has 0 saturated carbocycles. The van der Waals surface area contributed by atoms with E-state index in [0.29, 0.717) is 37.1 Å². The highest BCUT2D eigenvalue weighted by atomic mass is 19.4. The molecule has 3 aromatic rings. The number of alkyl halides is 3. The van der Waals surface area contributed by atoms with Crippen LogP contribution in [0.15, 0.2) is 34.9 Å². The first-order valence-corrected chi connectivity index (χ1v) is 11.8. The number of hydrogen-bond donors (Lipinski definition) is 0. The topological polar surface area (TPSA) is 79.5 Å². The Labute approximate surface area is 199 Å². The number of amides is 2. The van der Waals surface area contributed by atoms with E-state index >= 15 is 0 Å². The minimum absolute atomic E-state index is 0.0141. The van der Waals surface area contributed by atoms with Crippen molar-refractivity contribution in [1.29, 1.82) is 0 Å². The Morgan fingerprint density at radius 3 is 2.51 bits per heavy atom. The summed E-state index contributed by atoms with van der Waals surface area (Å²) in [6, 6.07) is 5.85. The Morgan fingerprint density at radius 2 is 1.77 bits per heavy atom. The molecule has 35 heavy (non-hydrogen) atoms. The molecule has 0 radical (unpaired) electrons.